The molecule has 192 valence electrons. The van der Waals surface area contributed by atoms with Crippen molar-refractivity contribution in [1.82, 2.24) is 4.31 Å². The minimum absolute atomic E-state index is 0.110. The highest BCUT2D eigenvalue weighted by molar-refractivity contribution is 7.89. The molecule has 5 rings (SSSR count). The number of aliphatic imine (C=N–C) groups is 1. The van der Waals surface area contributed by atoms with Crippen molar-refractivity contribution in [3.8, 4) is 0 Å². The van der Waals surface area contributed by atoms with Gasteiger partial charge in [0.05, 0.1) is 22.2 Å². The van der Waals surface area contributed by atoms with Crippen molar-refractivity contribution in [2.45, 2.75) is 24.0 Å². The standard InChI is InChI=1S/C30H23F3N2O2S/c1-21-12-18-26(19-13-21)38(36,37)35-28(23-8-4-2-5-9-23)20-27(34-29(35)24-10-6-3-7-11-24)22-14-16-25(17-15-22)30(31,32)33/h2-20,28H,1H3. The van der Waals surface area contributed by atoms with E-state index in [0.29, 0.717) is 22.4 Å². The highest BCUT2D eigenvalue weighted by Gasteiger charge is 2.38. The average Bonchev–Trinajstić information content (AvgIpc) is 2.93. The number of benzene rings is 4. The van der Waals surface area contributed by atoms with Crippen LogP contribution in [0, 0.1) is 6.92 Å². The van der Waals surface area contributed by atoms with E-state index in [0.717, 1.165) is 17.7 Å². The summed E-state index contributed by atoms with van der Waals surface area (Å²) in [4.78, 5) is 4.83. The van der Waals surface area contributed by atoms with Gasteiger partial charge in [0.2, 0.25) is 0 Å². The Morgan fingerprint density at radius 1 is 0.737 bits per heavy atom. The minimum Gasteiger partial charge on any atom is -0.238 e. The number of amidine groups is 1. The quantitative estimate of drug-likeness (QED) is 0.272. The van der Waals surface area contributed by atoms with Gasteiger partial charge in [-0.2, -0.15) is 13.2 Å². The lowest BCUT2D eigenvalue weighted by molar-refractivity contribution is -0.137. The Kier molecular flexibility index (Phi) is 6.67. The maximum Gasteiger partial charge on any atom is 0.416 e. The third-order valence-corrected chi connectivity index (χ3v) is 8.05. The third-order valence-electron chi connectivity index (χ3n) is 6.26. The molecule has 0 fully saturated rings. The van der Waals surface area contributed by atoms with E-state index in [4.69, 9.17) is 4.99 Å². The Labute approximate surface area is 219 Å². The summed E-state index contributed by atoms with van der Waals surface area (Å²) >= 11 is 0. The van der Waals surface area contributed by atoms with Crippen molar-refractivity contribution in [2.24, 2.45) is 4.99 Å². The Morgan fingerprint density at radius 3 is 1.89 bits per heavy atom. The average molecular weight is 533 g/mol. The van der Waals surface area contributed by atoms with Gasteiger partial charge in [-0.25, -0.2) is 17.7 Å². The molecule has 0 saturated carbocycles. The number of rotatable bonds is 5. The molecule has 0 aliphatic carbocycles. The third kappa shape index (κ3) is 4.99. The molecule has 0 radical (unpaired) electrons. The zero-order chi connectivity index (χ0) is 26.9. The minimum atomic E-state index is -4.47. The van der Waals surface area contributed by atoms with Crippen molar-refractivity contribution in [3.05, 3.63) is 143 Å². The van der Waals surface area contributed by atoms with Crippen molar-refractivity contribution < 1.29 is 21.6 Å². The van der Waals surface area contributed by atoms with Gasteiger partial charge in [-0.3, -0.25) is 0 Å². The first-order chi connectivity index (χ1) is 18.1. The molecule has 0 bridgehead atoms. The van der Waals surface area contributed by atoms with E-state index >= 15 is 0 Å². The van der Waals surface area contributed by atoms with E-state index in [1.807, 2.05) is 43.3 Å². The van der Waals surface area contributed by atoms with Crippen LogP contribution < -0.4 is 0 Å². The van der Waals surface area contributed by atoms with E-state index < -0.39 is 27.8 Å². The van der Waals surface area contributed by atoms with Crippen LogP contribution in [0.15, 0.2) is 125 Å². The summed E-state index contributed by atoms with van der Waals surface area (Å²) in [6, 6.07) is 28.5. The second-order valence-electron chi connectivity index (χ2n) is 8.90. The van der Waals surface area contributed by atoms with Crippen LogP contribution in [0.2, 0.25) is 0 Å². The maximum absolute atomic E-state index is 14.2. The number of hydrogen-bond donors (Lipinski definition) is 0. The van der Waals surface area contributed by atoms with Crippen LogP contribution in [-0.2, 0) is 16.2 Å². The monoisotopic (exact) mass is 532 g/mol. The molecule has 0 spiro atoms. The fourth-order valence-corrected chi connectivity index (χ4v) is 5.85. The molecule has 1 heterocycles. The molecule has 8 heteroatoms. The molecule has 38 heavy (non-hydrogen) atoms. The summed E-state index contributed by atoms with van der Waals surface area (Å²) in [7, 11) is -4.10. The highest BCUT2D eigenvalue weighted by Crippen LogP contribution is 2.38. The molecule has 0 aromatic heterocycles. The predicted octanol–water partition coefficient (Wildman–Crippen LogP) is 7.25. The van der Waals surface area contributed by atoms with Crippen molar-refractivity contribution in [2.75, 3.05) is 0 Å². The molecule has 0 N–H and O–H groups in total. The maximum atomic E-state index is 14.2. The first-order valence-corrected chi connectivity index (χ1v) is 13.3. The second-order valence-corrected chi connectivity index (χ2v) is 10.7. The van der Waals surface area contributed by atoms with E-state index in [1.165, 1.54) is 16.4 Å². The van der Waals surface area contributed by atoms with E-state index in [9.17, 15) is 21.6 Å². The molecule has 4 aromatic carbocycles. The molecule has 0 amide bonds. The smallest absolute Gasteiger partial charge is 0.238 e. The molecule has 4 nitrogen and oxygen atoms in total. The normalized spacial score (nSPS) is 16.1. The number of nitrogens with zero attached hydrogens (tertiary/aromatic N) is 2. The van der Waals surface area contributed by atoms with Gasteiger partial charge in [0, 0.05) is 5.56 Å². The Hall–Kier alpha value is -4.17. The van der Waals surface area contributed by atoms with Crippen LogP contribution >= 0.6 is 0 Å². The lowest BCUT2D eigenvalue weighted by Gasteiger charge is -2.35. The number of halogens is 3. The van der Waals surface area contributed by atoms with Gasteiger partial charge in [0.15, 0.2) is 5.84 Å². The van der Waals surface area contributed by atoms with E-state index in [1.54, 1.807) is 54.6 Å². The second kappa shape index (κ2) is 9.95. The van der Waals surface area contributed by atoms with E-state index in [2.05, 4.69) is 0 Å². The zero-order valence-electron chi connectivity index (χ0n) is 20.3. The highest BCUT2D eigenvalue weighted by atomic mass is 32.2. The number of alkyl halides is 3. The van der Waals surface area contributed by atoms with Gasteiger partial charge in [-0.1, -0.05) is 90.5 Å². The van der Waals surface area contributed by atoms with Crippen molar-refractivity contribution in [1.29, 1.82) is 0 Å². The topological polar surface area (TPSA) is 49.7 Å². The number of aryl methyl sites for hydroxylation is 1. The number of hydrogen-bond acceptors (Lipinski definition) is 3. The fraction of sp³-hybridized carbons (Fsp3) is 0.100. The lowest BCUT2D eigenvalue weighted by Crippen LogP contribution is -2.41. The summed E-state index contributed by atoms with van der Waals surface area (Å²) in [5.41, 5.74) is 2.22. The number of sulfonamides is 1. The summed E-state index contributed by atoms with van der Waals surface area (Å²) < 4.78 is 69.1. The van der Waals surface area contributed by atoms with Crippen LogP contribution in [0.4, 0.5) is 13.2 Å². The van der Waals surface area contributed by atoms with Crippen molar-refractivity contribution in [3.63, 3.8) is 0 Å². The van der Waals surface area contributed by atoms with Gasteiger partial charge in [0.1, 0.15) is 0 Å². The molecule has 0 saturated heterocycles. The molecule has 1 atom stereocenters. The summed E-state index contributed by atoms with van der Waals surface area (Å²) in [6.45, 7) is 1.87. The lowest BCUT2D eigenvalue weighted by atomic mass is 10.00. The molecule has 1 aliphatic rings. The van der Waals surface area contributed by atoms with Crippen LogP contribution in [0.3, 0.4) is 0 Å². The molecule has 1 unspecified atom stereocenters. The predicted molar refractivity (Wildman–Crippen MR) is 142 cm³/mol. The molecule has 4 aromatic rings. The van der Waals surface area contributed by atoms with Gasteiger partial charge in [0.25, 0.3) is 10.0 Å². The van der Waals surface area contributed by atoms with Gasteiger partial charge >= 0.3 is 6.18 Å². The van der Waals surface area contributed by atoms with Crippen LogP contribution in [0.1, 0.15) is 33.9 Å². The van der Waals surface area contributed by atoms with Crippen LogP contribution in [0.5, 0.6) is 0 Å². The van der Waals surface area contributed by atoms with Crippen molar-refractivity contribution >= 4 is 21.6 Å². The first kappa shape index (κ1) is 25.5. The summed E-state index contributed by atoms with van der Waals surface area (Å²) in [6.07, 6.45) is -2.79. The SMILES string of the molecule is Cc1ccc(S(=O)(=O)N2C(c3ccccc3)=NC(c3ccc(C(F)(F)F)cc3)=CC2c2ccccc2)cc1. The molecule has 1 aliphatic heterocycles. The summed E-state index contributed by atoms with van der Waals surface area (Å²) in [5, 5.41) is 0. The largest absolute Gasteiger partial charge is 0.416 e. The van der Waals surface area contributed by atoms with Gasteiger partial charge in [-0.05, 0) is 48.4 Å². The molecular weight excluding hydrogens is 509 g/mol. The van der Waals surface area contributed by atoms with Gasteiger partial charge in [-0.15, -0.1) is 0 Å². The Balaban J connectivity index is 1.73. The van der Waals surface area contributed by atoms with Crippen LogP contribution in [0.25, 0.3) is 5.70 Å². The molecular formula is C30H23F3N2O2S. The first-order valence-electron chi connectivity index (χ1n) is 11.8. The zero-order valence-corrected chi connectivity index (χ0v) is 21.1. The van der Waals surface area contributed by atoms with Crippen LogP contribution in [-0.4, -0.2) is 18.6 Å². The Bertz CT molecular complexity index is 1600. The Morgan fingerprint density at radius 2 is 1.32 bits per heavy atom. The van der Waals surface area contributed by atoms with E-state index in [-0.39, 0.29) is 10.7 Å². The summed E-state index contributed by atoms with van der Waals surface area (Å²) in [5.74, 6) is 0.178. The fourth-order valence-electron chi connectivity index (χ4n) is 4.29. The van der Waals surface area contributed by atoms with Gasteiger partial charge < -0.3 is 0 Å².